The Kier molecular flexibility index (Phi) is 4.48. The molecule has 4 heteroatoms. The highest BCUT2D eigenvalue weighted by atomic mass is 16.5. The molecule has 0 saturated carbocycles. The van der Waals surface area contributed by atoms with Crippen LogP contribution in [0, 0.1) is 6.92 Å². The molecule has 0 aromatic heterocycles. The van der Waals surface area contributed by atoms with Gasteiger partial charge in [-0.1, -0.05) is 11.6 Å². The normalized spacial score (nSPS) is 10.1. The molecule has 0 radical (unpaired) electrons. The van der Waals surface area contributed by atoms with E-state index in [1.165, 1.54) is 0 Å². The number of carbonyl (C=O) groups excluding carboxylic acids is 1. The van der Waals surface area contributed by atoms with Crippen LogP contribution in [-0.4, -0.2) is 27.1 Å². The molecule has 0 fully saturated rings. The molecular formula is C17H18O4. The van der Waals surface area contributed by atoms with Crippen LogP contribution in [0.4, 0.5) is 0 Å². The van der Waals surface area contributed by atoms with E-state index in [0.29, 0.717) is 28.4 Å². The van der Waals surface area contributed by atoms with E-state index < -0.39 is 0 Å². The average Bonchev–Trinajstić information content (AvgIpc) is 2.53. The molecule has 0 aliphatic rings. The van der Waals surface area contributed by atoms with Gasteiger partial charge in [0.1, 0.15) is 5.75 Å². The van der Waals surface area contributed by atoms with Gasteiger partial charge in [-0.15, -0.1) is 0 Å². The van der Waals surface area contributed by atoms with Crippen molar-refractivity contribution >= 4 is 5.78 Å². The van der Waals surface area contributed by atoms with Crippen molar-refractivity contribution in [3.05, 3.63) is 53.1 Å². The molecule has 0 aliphatic heterocycles. The number of carbonyl (C=O) groups is 1. The summed E-state index contributed by atoms with van der Waals surface area (Å²) in [5, 5.41) is 0. The molecule has 2 aromatic rings. The van der Waals surface area contributed by atoms with E-state index in [1.807, 2.05) is 19.1 Å². The van der Waals surface area contributed by atoms with Crippen LogP contribution in [0.25, 0.3) is 0 Å². The topological polar surface area (TPSA) is 44.8 Å². The monoisotopic (exact) mass is 286 g/mol. The first-order valence-corrected chi connectivity index (χ1v) is 6.52. The van der Waals surface area contributed by atoms with E-state index in [4.69, 9.17) is 14.2 Å². The first kappa shape index (κ1) is 14.9. The minimum absolute atomic E-state index is 0.114. The van der Waals surface area contributed by atoms with Gasteiger partial charge < -0.3 is 14.2 Å². The van der Waals surface area contributed by atoms with Gasteiger partial charge in [0.05, 0.1) is 26.9 Å². The smallest absolute Gasteiger partial charge is 0.196 e. The van der Waals surface area contributed by atoms with Crippen molar-refractivity contribution in [3.63, 3.8) is 0 Å². The fraction of sp³-hybridized carbons (Fsp3) is 0.235. The molecule has 2 aromatic carbocycles. The molecule has 4 nitrogen and oxygen atoms in total. The Balaban J connectivity index is 2.47. The van der Waals surface area contributed by atoms with Crippen LogP contribution in [0.5, 0.6) is 17.2 Å². The molecule has 0 atom stereocenters. The quantitative estimate of drug-likeness (QED) is 0.791. The van der Waals surface area contributed by atoms with E-state index in [9.17, 15) is 4.79 Å². The molecule has 2 rings (SSSR count). The van der Waals surface area contributed by atoms with Gasteiger partial charge in [-0.25, -0.2) is 0 Å². The summed E-state index contributed by atoms with van der Waals surface area (Å²) in [7, 11) is 4.65. The van der Waals surface area contributed by atoms with Crippen LogP contribution in [0.15, 0.2) is 36.4 Å². The van der Waals surface area contributed by atoms with Crippen molar-refractivity contribution in [2.45, 2.75) is 6.92 Å². The number of ether oxygens (including phenoxy) is 3. The van der Waals surface area contributed by atoms with E-state index >= 15 is 0 Å². The van der Waals surface area contributed by atoms with Crippen molar-refractivity contribution in [1.29, 1.82) is 0 Å². The number of hydrogen-bond donors (Lipinski definition) is 0. The molecule has 0 spiro atoms. The summed E-state index contributed by atoms with van der Waals surface area (Å²) < 4.78 is 15.7. The van der Waals surface area contributed by atoms with Gasteiger partial charge in [-0.05, 0) is 37.3 Å². The predicted molar refractivity (Wildman–Crippen MR) is 80.7 cm³/mol. The summed E-state index contributed by atoms with van der Waals surface area (Å²) in [5.41, 5.74) is 2.06. The number of hydrogen-bond acceptors (Lipinski definition) is 4. The van der Waals surface area contributed by atoms with Gasteiger partial charge in [0.15, 0.2) is 17.3 Å². The Morgan fingerprint density at radius 1 is 0.810 bits per heavy atom. The summed E-state index contributed by atoms with van der Waals surface area (Å²) >= 11 is 0. The maximum atomic E-state index is 12.7. The van der Waals surface area contributed by atoms with Crippen LogP contribution in [-0.2, 0) is 0 Å². The standard InChI is InChI=1S/C17H18O4/c1-11-5-7-14(19-2)13(9-11)17(18)12-6-8-15(20-3)16(10-12)21-4/h5-10H,1-4H3. The summed E-state index contributed by atoms with van der Waals surface area (Å²) in [5.74, 6) is 1.55. The van der Waals surface area contributed by atoms with E-state index in [2.05, 4.69) is 0 Å². The second kappa shape index (κ2) is 6.31. The second-order valence-electron chi connectivity index (χ2n) is 4.60. The van der Waals surface area contributed by atoms with Crippen molar-refractivity contribution in [2.75, 3.05) is 21.3 Å². The molecule has 0 aliphatic carbocycles. The molecular weight excluding hydrogens is 268 g/mol. The van der Waals surface area contributed by atoms with Crippen LogP contribution in [0.3, 0.4) is 0 Å². The van der Waals surface area contributed by atoms with E-state index in [-0.39, 0.29) is 5.78 Å². The third kappa shape index (κ3) is 2.99. The number of methoxy groups -OCH3 is 3. The largest absolute Gasteiger partial charge is 0.496 e. The fourth-order valence-electron chi connectivity index (χ4n) is 2.13. The average molecular weight is 286 g/mol. The highest BCUT2D eigenvalue weighted by Gasteiger charge is 2.16. The van der Waals surface area contributed by atoms with Gasteiger partial charge in [0, 0.05) is 5.56 Å². The Morgan fingerprint density at radius 2 is 1.43 bits per heavy atom. The summed E-state index contributed by atoms with van der Waals surface area (Å²) in [6.45, 7) is 1.94. The van der Waals surface area contributed by atoms with Crippen molar-refractivity contribution in [2.24, 2.45) is 0 Å². The molecule has 110 valence electrons. The van der Waals surface area contributed by atoms with Gasteiger partial charge in [-0.3, -0.25) is 4.79 Å². The Morgan fingerprint density at radius 3 is 2.05 bits per heavy atom. The Labute approximate surface area is 124 Å². The van der Waals surface area contributed by atoms with Crippen molar-refractivity contribution in [3.8, 4) is 17.2 Å². The summed E-state index contributed by atoms with van der Waals surface area (Å²) in [6.07, 6.45) is 0. The molecule has 0 amide bonds. The predicted octanol–water partition coefficient (Wildman–Crippen LogP) is 3.25. The second-order valence-corrected chi connectivity index (χ2v) is 4.60. The van der Waals surface area contributed by atoms with E-state index in [1.54, 1.807) is 45.6 Å². The first-order chi connectivity index (χ1) is 10.1. The fourth-order valence-corrected chi connectivity index (χ4v) is 2.13. The SMILES string of the molecule is COc1ccc(C(=O)c2cc(C)ccc2OC)cc1OC. The van der Waals surface area contributed by atoms with Gasteiger partial charge in [-0.2, -0.15) is 0 Å². The lowest BCUT2D eigenvalue weighted by Gasteiger charge is -2.11. The minimum Gasteiger partial charge on any atom is -0.496 e. The number of rotatable bonds is 5. The molecule has 0 bridgehead atoms. The number of benzene rings is 2. The molecule has 0 saturated heterocycles. The number of ketones is 1. The first-order valence-electron chi connectivity index (χ1n) is 6.52. The van der Waals surface area contributed by atoms with E-state index in [0.717, 1.165) is 5.56 Å². The zero-order valence-corrected chi connectivity index (χ0v) is 12.6. The zero-order valence-electron chi connectivity index (χ0n) is 12.6. The van der Waals surface area contributed by atoms with Gasteiger partial charge in [0.25, 0.3) is 0 Å². The highest BCUT2D eigenvalue weighted by molar-refractivity contribution is 6.11. The lowest BCUT2D eigenvalue weighted by atomic mass is 10.00. The summed E-state index contributed by atoms with van der Waals surface area (Å²) in [4.78, 5) is 12.7. The van der Waals surface area contributed by atoms with Crippen molar-refractivity contribution < 1.29 is 19.0 Å². The van der Waals surface area contributed by atoms with Crippen LogP contribution < -0.4 is 14.2 Å². The third-order valence-electron chi connectivity index (χ3n) is 3.25. The van der Waals surface area contributed by atoms with Crippen LogP contribution >= 0.6 is 0 Å². The third-order valence-corrected chi connectivity index (χ3v) is 3.25. The molecule has 0 N–H and O–H groups in total. The lowest BCUT2D eigenvalue weighted by Crippen LogP contribution is -2.05. The highest BCUT2D eigenvalue weighted by Crippen LogP contribution is 2.30. The molecule has 21 heavy (non-hydrogen) atoms. The lowest BCUT2D eigenvalue weighted by molar-refractivity contribution is 0.103. The molecule has 0 unspecified atom stereocenters. The van der Waals surface area contributed by atoms with Gasteiger partial charge in [0.2, 0.25) is 0 Å². The number of aryl methyl sites for hydroxylation is 1. The minimum atomic E-state index is -0.114. The Hall–Kier alpha value is -2.49. The van der Waals surface area contributed by atoms with Crippen LogP contribution in [0.2, 0.25) is 0 Å². The van der Waals surface area contributed by atoms with Gasteiger partial charge >= 0.3 is 0 Å². The zero-order chi connectivity index (χ0) is 15.4. The maximum absolute atomic E-state index is 12.7. The summed E-state index contributed by atoms with van der Waals surface area (Å²) in [6, 6.07) is 10.6. The Bertz CT molecular complexity index is 662. The molecule has 0 heterocycles. The van der Waals surface area contributed by atoms with Crippen molar-refractivity contribution in [1.82, 2.24) is 0 Å². The van der Waals surface area contributed by atoms with Crippen LogP contribution in [0.1, 0.15) is 21.5 Å². The maximum Gasteiger partial charge on any atom is 0.196 e.